The minimum absolute atomic E-state index is 0.378. The summed E-state index contributed by atoms with van der Waals surface area (Å²) in [4.78, 5) is 21.2. The van der Waals surface area contributed by atoms with Crippen molar-refractivity contribution in [3.8, 4) is 5.88 Å². The SMILES string of the molecule is CCCOc1ccnc(N(CC)CC(C)C(=O)O)n1. The van der Waals surface area contributed by atoms with Crippen molar-refractivity contribution in [1.29, 1.82) is 0 Å². The Balaban J connectivity index is 2.77. The number of hydrogen-bond donors (Lipinski definition) is 1. The zero-order valence-electron chi connectivity index (χ0n) is 11.7. The maximum absolute atomic E-state index is 10.9. The molecule has 1 atom stereocenters. The molecule has 6 nitrogen and oxygen atoms in total. The van der Waals surface area contributed by atoms with Gasteiger partial charge in [-0.1, -0.05) is 13.8 Å². The third-order valence-electron chi connectivity index (χ3n) is 2.65. The molecular weight excluding hydrogens is 246 g/mol. The van der Waals surface area contributed by atoms with Crippen molar-refractivity contribution in [2.24, 2.45) is 5.92 Å². The molecular formula is C13H21N3O3. The van der Waals surface area contributed by atoms with Gasteiger partial charge in [-0.3, -0.25) is 4.79 Å². The van der Waals surface area contributed by atoms with Crippen LogP contribution in [0, 0.1) is 5.92 Å². The maximum Gasteiger partial charge on any atom is 0.308 e. The highest BCUT2D eigenvalue weighted by Crippen LogP contribution is 2.14. The second-order valence-corrected chi connectivity index (χ2v) is 4.32. The van der Waals surface area contributed by atoms with Crippen LogP contribution in [0.3, 0.4) is 0 Å². The number of nitrogens with zero attached hydrogens (tertiary/aromatic N) is 3. The highest BCUT2D eigenvalue weighted by Gasteiger charge is 2.17. The summed E-state index contributed by atoms with van der Waals surface area (Å²) in [6.45, 7) is 7.26. The second kappa shape index (κ2) is 7.56. The van der Waals surface area contributed by atoms with Crippen LogP contribution >= 0.6 is 0 Å². The lowest BCUT2D eigenvalue weighted by molar-refractivity contribution is -0.140. The van der Waals surface area contributed by atoms with E-state index in [4.69, 9.17) is 9.84 Å². The molecule has 0 aliphatic heterocycles. The van der Waals surface area contributed by atoms with E-state index >= 15 is 0 Å². The Hall–Kier alpha value is -1.85. The minimum Gasteiger partial charge on any atom is -0.481 e. The van der Waals surface area contributed by atoms with Gasteiger partial charge >= 0.3 is 5.97 Å². The molecule has 106 valence electrons. The van der Waals surface area contributed by atoms with Crippen molar-refractivity contribution in [2.75, 3.05) is 24.6 Å². The van der Waals surface area contributed by atoms with Gasteiger partial charge in [0.25, 0.3) is 0 Å². The largest absolute Gasteiger partial charge is 0.481 e. The van der Waals surface area contributed by atoms with E-state index in [-0.39, 0.29) is 0 Å². The summed E-state index contributed by atoms with van der Waals surface area (Å²) in [6, 6.07) is 1.70. The van der Waals surface area contributed by atoms with Crippen molar-refractivity contribution < 1.29 is 14.6 Å². The Kier molecular flexibility index (Phi) is 6.05. The number of ether oxygens (including phenoxy) is 1. The van der Waals surface area contributed by atoms with Crippen molar-refractivity contribution in [3.63, 3.8) is 0 Å². The van der Waals surface area contributed by atoms with Crippen LogP contribution in [-0.2, 0) is 4.79 Å². The molecule has 0 aliphatic rings. The number of rotatable bonds is 8. The summed E-state index contributed by atoms with van der Waals surface area (Å²) in [6.07, 6.45) is 2.54. The van der Waals surface area contributed by atoms with Crippen LogP contribution in [0.4, 0.5) is 5.95 Å². The quantitative estimate of drug-likeness (QED) is 0.774. The Morgan fingerprint density at radius 3 is 2.84 bits per heavy atom. The van der Waals surface area contributed by atoms with E-state index in [1.165, 1.54) is 0 Å². The number of carbonyl (C=O) groups is 1. The molecule has 1 aromatic heterocycles. The van der Waals surface area contributed by atoms with Crippen LogP contribution < -0.4 is 9.64 Å². The molecule has 0 aliphatic carbocycles. The number of aromatic nitrogens is 2. The van der Waals surface area contributed by atoms with Gasteiger partial charge in [-0.25, -0.2) is 4.98 Å². The molecule has 1 aromatic rings. The summed E-state index contributed by atoms with van der Waals surface area (Å²) in [5.74, 6) is -0.266. The molecule has 0 aromatic carbocycles. The number of carboxylic acids is 1. The number of hydrogen-bond acceptors (Lipinski definition) is 5. The highest BCUT2D eigenvalue weighted by atomic mass is 16.5. The molecule has 0 saturated carbocycles. The third-order valence-corrected chi connectivity index (χ3v) is 2.65. The van der Waals surface area contributed by atoms with Crippen LogP contribution in [0.5, 0.6) is 5.88 Å². The summed E-state index contributed by atoms with van der Waals surface area (Å²) in [7, 11) is 0. The van der Waals surface area contributed by atoms with E-state index < -0.39 is 11.9 Å². The molecule has 0 fully saturated rings. The number of anilines is 1. The first-order chi connectivity index (χ1) is 9.08. The third kappa shape index (κ3) is 4.73. The van der Waals surface area contributed by atoms with Crippen LogP contribution in [0.15, 0.2) is 12.3 Å². The van der Waals surface area contributed by atoms with Gasteiger partial charge in [-0.2, -0.15) is 4.98 Å². The van der Waals surface area contributed by atoms with Crippen LogP contribution in [-0.4, -0.2) is 40.7 Å². The van der Waals surface area contributed by atoms with Crippen LogP contribution in [0.2, 0.25) is 0 Å². The van der Waals surface area contributed by atoms with Gasteiger partial charge in [0.15, 0.2) is 0 Å². The topological polar surface area (TPSA) is 75.5 Å². The molecule has 6 heteroatoms. The number of aliphatic carboxylic acids is 1. The lowest BCUT2D eigenvalue weighted by Crippen LogP contribution is -2.33. The molecule has 1 unspecified atom stereocenters. The highest BCUT2D eigenvalue weighted by molar-refractivity contribution is 5.70. The minimum atomic E-state index is -0.822. The smallest absolute Gasteiger partial charge is 0.308 e. The van der Waals surface area contributed by atoms with E-state index in [9.17, 15) is 4.79 Å². The lowest BCUT2D eigenvalue weighted by Gasteiger charge is -2.22. The van der Waals surface area contributed by atoms with Crippen molar-refractivity contribution >= 4 is 11.9 Å². The molecule has 1 heterocycles. The van der Waals surface area contributed by atoms with Gasteiger partial charge in [-0.05, 0) is 13.3 Å². The molecule has 0 saturated heterocycles. The Labute approximate surface area is 113 Å². The average molecular weight is 267 g/mol. The molecule has 0 bridgehead atoms. The van der Waals surface area contributed by atoms with Crippen molar-refractivity contribution in [1.82, 2.24) is 9.97 Å². The van der Waals surface area contributed by atoms with E-state index in [0.717, 1.165) is 6.42 Å². The van der Waals surface area contributed by atoms with Gasteiger partial charge in [0.1, 0.15) is 0 Å². The standard InChI is InChI=1S/C13H21N3O3/c1-4-8-19-11-6-7-14-13(15-11)16(5-2)9-10(3)12(17)18/h6-7,10H,4-5,8-9H2,1-3H3,(H,17,18). The molecule has 1 rings (SSSR count). The monoisotopic (exact) mass is 267 g/mol. The zero-order valence-corrected chi connectivity index (χ0v) is 11.7. The molecule has 19 heavy (non-hydrogen) atoms. The Morgan fingerprint density at radius 2 is 2.26 bits per heavy atom. The van der Waals surface area contributed by atoms with Crippen molar-refractivity contribution in [3.05, 3.63) is 12.3 Å². The predicted octanol–water partition coefficient (Wildman–Crippen LogP) is 1.81. The van der Waals surface area contributed by atoms with Gasteiger partial charge < -0.3 is 14.7 Å². The summed E-state index contributed by atoms with van der Waals surface area (Å²) in [5, 5.41) is 8.95. The molecule has 0 spiro atoms. The Bertz CT molecular complexity index is 412. The summed E-state index contributed by atoms with van der Waals surface area (Å²) >= 11 is 0. The summed E-state index contributed by atoms with van der Waals surface area (Å²) < 4.78 is 5.45. The molecule has 1 N–H and O–H groups in total. The van der Waals surface area contributed by atoms with Gasteiger partial charge in [0.2, 0.25) is 11.8 Å². The van der Waals surface area contributed by atoms with E-state index in [0.29, 0.717) is 31.5 Å². The van der Waals surface area contributed by atoms with Gasteiger partial charge in [0, 0.05) is 25.4 Å². The first-order valence-electron chi connectivity index (χ1n) is 6.52. The van der Waals surface area contributed by atoms with E-state index in [1.54, 1.807) is 19.2 Å². The molecule has 0 amide bonds. The fraction of sp³-hybridized carbons (Fsp3) is 0.615. The average Bonchev–Trinajstić information content (AvgIpc) is 2.42. The normalized spacial score (nSPS) is 11.9. The van der Waals surface area contributed by atoms with Crippen molar-refractivity contribution in [2.45, 2.75) is 27.2 Å². The summed E-state index contributed by atoms with van der Waals surface area (Å²) in [5.41, 5.74) is 0. The zero-order chi connectivity index (χ0) is 14.3. The fourth-order valence-electron chi connectivity index (χ4n) is 1.53. The predicted molar refractivity (Wildman–Crippen MR) is 72.5 cm³/mol. The second-order valence-electron chi connectivity index (χ2n) is 4.32. The number of carboxylic acid groups (broad SMARTS) is 1. The van der Waals surface area contributed by atoms with E-state index in [2.05, 4.69) is 9.97 Å². The van der Waals surface area contributed by atoms with Crippen LogP contribution in [0.1, 0.15) is 27.2 Å². The van der Waals surface area contributed by atoms with Crippen LogP contribution in [0.25, 0.3) is 0 Å². The Morgan fingerprint density at radius 1 is 1.53 bits per heavy atom. The maximum atomic E-state index is 10.9. The fourth-order valence-corrected chi connectivity index (χ4v) is 1.53. The first-order valence-corrected chi connectivity index (χ1v) is 6.52. The first kappa shape index (κ1) is 15.2. The molecule has 0 radical (unpaired) electrons. The van der Waals surface area contributed by atoms with E-state index in [1.807, 2.05) is 18.7 Å². The lowest BCUT2D eigenvalue weighted by atomic mass is 10.2. The van der Waals surface area contributed by atoms with Gasteiger partial charge in [0.05, 0.1) is 12.5 Å². The van der Waals surface area contributed by atoms with Gasteiger partial charge in [-0.15, -0.1) is 0 Å².